The molecular weight excluding hydrogens is 380 g/mol. The second kappa shape index (κ2) is 6.98. The number of aromatic hydroxyl groups is 1. The van der Waals surface area contributed by atoms with Gasteiger partial charge in [-0.2, -0.15) is 0 Å². The number of phenolic OH excluding ortho intramolecular Hbond substituents is 1. The second-order valence-corrected chi connectivity index (χ2v) is 7.43. The summed E-state index contributed by atoms with van der Waals surface area (Å²) in [6.07, 6.45) is -0.717. The number of aliphatic hydroxyl groups excluding tert-OH is 1. The van der Waals surface area contributed by atoms with Crippen molar-refractivity contribution in [3.05, 3.63) is 41.0 Å². The number of hydrogen-bond donors (Lipinski definition) is 2. The number of hydrogen-bond acceptors (Lipinski definition) is 8. The van der Waals surface area contributed by atoms with E-state index in [0.29, 0.717) is 29.6 Å². The summed E-state index contributed by atoms with van der Waals surface area (Å²) in [4.78, 5) is 10.5. The van der Waals surface area contributed by atoms with Crippen LogP contribution >= 0.6 is 0 Å². The molecule has 2 N–H and O–H groups in total. The molecule has 154 valence electrons. The molecule has 29 heavy (non-hydrogen) atoms. The van der Waals surface area contributed by atoms with E-state index in [1.165, 1.54) is 14.2 Å². The van der Waals surface area contributed by atoms with Crippen LogP contribution in [-0.4, -0.2) is 44.4 Å². The van der Waals surface area contributed by atoms with Crippen LogP contribution in [0.15, 0.2) is 24.3 Å². The zero-order valence-corrected chi connectivity index (χ0v) is 16.1. The van der Waals surface area contributed by atoms with Crippen molar-refractivity contribution in [3.63, 3.8) is 0 Å². The predicted octanol–water partition coefficient (Wildman–Crippen LogP) is 2.51. The lowest BCUT2D eigenvalue weighted by Gasteiger charge is -2.44. The Morgan fingerprint density at radius 3 is 2.07 bits per heavy atom. The van der Waals surface area contributed by atoms with Crippen molar-refractivity contribution in [1.29, 1.82) is 0 Å². The first-order valence-electron chi connectivity index (χ1n) is 9.43. The van der Waals surface area contributed by atoms with Gasteiger partial charge >= 0.3 is 0 Å². The maximum absolute atomic E-state index is 11.1. The molecule has 3 aliphatic rings. The summed E-state index contributed by atoms with van der Waals surface area (Å²) in [7, 11) is 2.99. The SMILES string of the molecule is COc1cc([C@@H]2c3cc4c(cc3C(O)[C@H]3COOC[C@H]23)OCO4)cc(OC)c1O. The van der Waals surface area contributed by atoms with Crippen LogP contribution in [0.5, 0.6) is 28.7 Å². The first-order valence-corrected chi connectivity index (χ1v) is 9.43. The lowest BCUT2D eigenvalue weighted by Crippen LogP contribution is -2.42. The van der Waals surface area contributed by atoms with Gasteiger partial charge in [-0.25, -0.2) is 9.78 Å². The first-order chi connectivity index (χ1) is 14.1. The van der Waals surface area contributed by atoms with Gasteiger partial charge in [0.2, 0.25) is 12.5 Å². The topological polar surface area (TPSA) is 95.8 Å². The van der Waals surface area contributed by atoms with E-state index in [1.54, 1.807) is 12.1 Å². The highest BCUT2D eigenvalue weighted by molar-refractivity contribution is 5.58. The minimum absolute atomic E-state index is 0.0504. The molecule has 0 spiro atoms. The quantitative estimate of drug-likeness (QED) is 0.757. The summed E-state index contributed by atoms with van der Waals surface area (Å²) in [6, 6.07) is 7.35. The molecule has 1 saturated heterocycles. The van der Waals surface area contributed by atoms with E-state index in [4.69, 9.17) is 28.7 Å². The molecule has 2 aromatic carbocycles. The van der Waals surface area contributed by atoms with Gasteiger partial charge in [0.05, 0.1) is 33.5 Å². The zero-order chi connectivity index (χ0) is 20.1. The second-order valence-electron chi connectivity index (χ2n) is 7.43. The minimum atomic E-state index is -0.717. The minimum Gasteiger partial charge on any atom is -0.502 e. The highest BCUT2D eigenvalue weighted by atomic mass is 17.2. The summed E-state index contributed by atoms with van der Waals surface area (Å²) in [5.74, 6) is 1.48. The molecule has 0 saturated carbocycles. The van der Waals surface area contributed by atoms with Crippen LogP contribution in [0.3, 0.4) is 0 Å². The Hall–Kier alpha value is -2.68. The summed E-state index contributed by atoms with van der Waals surface area (Å²) in [6.45, 7) is 0.757. The van der Waals surface area contributed by atoms with E-state index in [0.717, 1.165) is 16.7 Å². The maximum Gasteiger partial charge on any atom is 0.231 e. The van der Waals surface area contributed by atoms with Gasteiger partial charge in [-0.15, -0.1) is 0 Å². The zero-order valence-electron chi connectivity index (χ0n) is 16.1. The third kappa shape index (κ3) is 2.78. The van der Waals surface area contributed by atoms with Crippen molar-refractivity contribution >= 4 is 0 Å². The number of aliphatic hydroxyl groups is 1. The fraction of sp³-hybridized carbons (Fsp3) is 0.429. The standard InChI is InChI=1S/C21H22O8/c1-24-17-3-10(4-18(25-2)21(17)23)19-11-5-15-16(27-9-26-15)6-12(11)20(22)14-8-29-28-7-13(14)19/h3-6,13-14,19-20,22-23H,7-9H2,1-2H3/t13-,14-,19+,20?/m0/s1. The predicted molar refractivity (Wildman–Crippen MR) is 99.5 cm³/mol. The Balaban J connectivity index is 1.72. The van der Waals surface area contributed by atoms with Crippen LogP contribution in [0.4, 0.5) is 0 Å². The van der Waals surface area contributed by atoms with Gasteiger partial charge in [0.25, 0.3) is 0 Å². The van der Waals surface area contributed by atoms with E-state index >= 15 is 0 Å². The van der Waals surface area contributed by atoms with E-state index in [9.17, 15) is 10.2 Å². The Bertz CT molecular complexity index is 918. The number of fused-ring (bicyclic) bond motifs is 3. The van der Waals surface area contributed by atoms with Crippen molar-refractivity contribution in [2.45, 2.75) is 12.0 Å². The van der Waals surface area contributed by atoms with Gasteiger partial charge in [0.1, 0.15) is 0 Å². The van der Waals surface area contributed by atoms with Crippen molar-refractivity contribution < 1.29 is 38.9 Å². The van der Waals surface area contributed by atoms with Crippen LogP contribution in [0.2, 0.25) is 0 Å². The van der Waals surface area contributed by atoms with Gasteiger partial charge in [0.15, 0.2) is 23.0 Å². The molecule has 5 rings (SSSR count). The van der Waals surface area contributed by atoms with Crippen LogP contribution in [0.1, 0.15) is 28.7 Å². The molecule has 4 atom stereocenters. The molecule has 0 amide bonds. The molecule has 1 unspecified atom stereocenters. The number of benzene rings is 2. The summed E-state index contributed by atoms with van der Waals surface area (Å²) in [5, 5.41) is 21.4. The van der Waals surface area contributed by atoms with Crippen LogP contribution in [-0.2, 0) is 9.78 Å². The molecule has 8 nitrogen and oxygen atoms in total. The normalized spacial score (nSPS) is 27.1. The average molecular weight is 402 g/mol. The Morgan fingerprint density at radius 1 is 0.862 bits per heavy atom. The molecule has 8 heteroatoms. The van der Waals surface area contributed by atoms with Crippen LogP contribution in [0.25, 0.3) is 0 Å². The van der Waals surface area contributed by atoms with Gasteiger partial charge < -0.3 is 29.2 Å². The molecule has 2 aliphatic heterocycles. The fourth-order valence-corrected chi connectivity index (χ4v) is 4.65. The Morgan fingerprint density at radius 2 is 1.45 bits per heavy atom. The lowest BCUT2D eigenvalue weighted by atomic mass is 9.65. The molecule has 0 radical (unpaired) electrons. The van der Waals surface area contributed by atoms with Crippen molar-refractivity contribution in [2.24, 2.45) is 11.8 Å². The monoisotopic (exact) mass is 402 g/mol. The number of rotatable bonds is 3. The van der Waals surface area contributed by atoms with E-state index < -0.39 is 6.10 Å². The van der Waals surface area contributed by atoms with E-state index in [-0.39, 0.29) is 36.9 Å². The molecule has 0 bridgehead atoms. The lowest BCUT2D eigenvalue weighted by molar-refractivity contribution is -0.346. The van der Waals surface area contributed by atoms with Gasteiger partial charge in [-0.3, -0.25) is 0 Å². The van der Waals surface area contributed by atoms with Gasteiger partial charge in [0, 0.05) is 17.8 Å². The highest BCUT2D eigenvalue weighted by Gasteiger charge is 2.46. The summed E-state index contributed by atoms with van der Waals surface area (Å²) < 4.78 is 21.8. The number of phenols is 1. The third-order valence-electron chi connectivity index (χ3n) is 6.08. The van der Waals surface area contributed by atoms with Crippen LogP contribution in [0, 0.1) is 11.8 Å². The molecule has 1 fully saturated rings. The molecule has 2 heterocycles. The average Bonchev–Trinajstić information content (AvgIpc) is 3.21. The fourth-order valence-electron chi connectivity index (χ4n) is 4.65. The number of methoxy groups -OCH3 is 2. The molecular formula is C21H22O8. The highest BCUT2D eigenvalue weighted by Crippen LogP contribution is 2.54. The van der Waals surface area contributed by atoms with Crippen LogP contribution < -0.4 is 18.9 Å². The first kappa shape index (κ1) is 18.4. The van der Waals surface area contributed by atoms with E-state index in [2.05, 4.69) is 0 Å². The molecule has 1 aliphatic carbocycles. The van der Waals surface area contributed by atoms with Crippen molar-refractivity contribution in [3.8, 4) is 28.7 Å². The summed E-state index contributed by atoms with van der Waals surface area (Å²) >= 11 is 0. The van der Waals surface area contributed by atoms with Gasteiger partial charge in [-0.05, 0) is 41.0 Å². The Kier molecular flexibility index (Phi) is 4.42. The Labute approximate surface area is 167 Å². The molecule has 0 aromatic heterocycles. The maximum atomic E-state index is 11.1. The molecule has 2 aromatic rings. The van der Waals surface area contributed by atoms with Gasteiger partial charge in [-0.1, -0.05) is 0 Å². The number of ether oxygens (including phenoxy) is 4. The largest absolute Gasteiger partial charge is 0.502 e. The third-order valence-corrected chi connectivity index (χ3v) is 6.08. The summed E-state index contributed by atoms with van der Waals surface area (Å²) in [5.41, 5.74) is 2.57. The van der Waals surface area contributed by atoms with E-state index in [1.807, 2.05) is 12.1 Å². The van der Waals surface area contributed by atoms with Crippen molar-refractivity contribution in [1.82, 2.24) is 0 Å². The van der Waals surface area contributed by atoms with Crippen molar-refractivity contribution in [2.75, 3.05) is 34.2 Å². The smallest absolute Gasteiger partial charge is 0.231 e.